The first-order valence-electron chi connectivity index (χ1n) is 13.6. The molecule has 1 aromatic heterocycles. The van der Waals surface area contributed by atoms with E-state index in [1.54, 1.807) is 6.07 Å². The monoisotopic (exact) mass is 511 g/mol. The normalized spacial score (nSPS) is 21.3. The van der Waals surface area contributed by atoms with Gasteiger partial charge < -0.3 is 19.9 Å². The van der Waals surface area contributed by atoms with Gasteiger partial charge in [-0.25, -0.2) is 9.37 Å². The van der Waals surface area contributed by atoms with Crippen LogP contribution >= 0.6 is 0 Å². The van der Waals surface area contributed by atoms with Crippen LogP contribution in [0.5, 0.6) is 0 Å². The summed E-state index contributed by atoms with van der Waals surface area (Å²) < 4.78 is 26.3. The molecule has 2 fully saturated rings. The van der Waals surface area contributed by atoms with Gasteiger partial charge in [0.2, 0.25) is 0 Å². The molecule has 0 bridgehead atoms. The highest BCUT2D eigenvalue weighted by Gasteiger charge is 2.39. The number of anilines is 1. The molecule has 2 aliphatic heterocycles. The van der Waals surface area contributed by atoms with E-state index in [0.29, 0.717) is 31.9 Å². The second kappa shape index (κ2) is 11.5. The number of aromatic nitrogens is 1. The zero-order chi connectivity index (χ0) is 25.8. The smallest absolute Gasteiger partial charge is 0.325 e. The van der Waals surface area contributed by atoms with Crippen LogP contribution < -0.4 is 5.32 Å². The molecule has 37 heavy (non-hydrogen) atoms. The number of nitrogens with one attached hydrogen (secondary N) is 1. The number of hydrogen-bond acceptors (Lipinski definition) is 6. The maximum atomic E-state index is 14.2. The lowest BCUT2D eigenvalue weighted by atomic mass is 9.99. The molecule has 3 heterocycles. The minimum absolute atomic E-state index is 0.0217. The van der Waals surface area contributed by atoms with Gasteiger partial charge in [0.15, 0.2) is 0 Å². The van der Waals surface area contributed by atoms with E-state index in [9.17, 15) is 14.3 Å². The van der Waals surface area contributed by atoms with Crippen LogP contribution in [0.2, 0.25) is 0 Å². The number of nitrogens with zero attached hydrogens (tertiary/aromatic N) is 2. The summed E-state index contributed by atoms with van der Waals surface area (Å²) in [7, 11) is 0. The van der Waals surface area contributed by atoms with Crippen molar-refractivity contribution in [3.63, 3.8) is 0 Å². The number of hydrogen-bond donors (Lipinski definition) is 2. The molecule has 2 atom stereocenters. The lowest BCUT2D eigenvalue weighted by molar-refractivity contribution is -0.143. The van der Waals surface area contributed by atoms with Crippen molar-refractivity contribution in [3.05, 3.63) is 58.5 Å². The van der Waals surface area contributed by atoms with Gasteiger partial charge in [0, 0.05) is 31.9 Å². The molecule has 7 nitrogen and oxygen atoms in total. The van der Waals surface area contributed by atoms with Crippen LogP contribution in [0.4, 0.5) is 10.2 Å². The molecule has 0 amide bonds. The van der Waals surface area contributed by atoms with Crippen LogP contribution in [0.15, 0.2) is 30.3 Å². The first-order chi connectivity index (χ1) is 17.9. The quantitative estimate of drug-likeness (QED) is 0.393. The summed E-state index contributed by atoms with van der Waals surface area (Å²) in [5, 5.41) is 13.5. The third kappa shape index (κ3) is 6.67. The first kappa shape index (κ1) is 26.1. The molecule has 1 aromatic carbocycles. The number of ether oxygens (including phenoxy) is 2. The highest BCUT2D eigenvalue weighted by atomic mass is 19.1. The van der Waals surface area contributed by atoms with Crippen molar-refractivity contribution in [3.8, 4) is 0 Å². The Balaban J connectivity index is 1.11. The van der Waals surface area contributed by atoms with Crippen LogP contribution in [0, 0.1) is 5.82 Å². The second-order valence-electron chi connectivity index (χ2n) is 10.9. The van der Waals surface area contributed by atoms with Gasteiger partial charge in [0.25, 0.3) is 0 Å². The van der Waals surface area contributed by atoms with Crippen molar-refractivity contribution >= 4 is 11.8 Å². The number of unbranched alkanes of at least 4 members (excludes halogenated alkanes) is 1. The number of carboxylic acids is 1. The Morgan fingerprint density at radius 1 is 1.30 bits per heavy atom. The second-order valence-corrected chi connectivity index (χ2v) is 10.9. The van der Waals surface area contributed by atoms with E-state index >= 15 is 0 Å². The summed E-state index contributed by atoms with van der Waals surface area (Å²) in [6.07, 6.45) is 7.83. The molecule has 1 saturated carbocycles. The summed E-state index contributed by atoms with van der Waals surface area (Å²) in [5.74, 6) is -0.371. The van der Waals surface area contributed by atoms with Gasteiger partial charge in [-0.15, -0.1) is 0 Å². The zero-order valence-corrected chi connectivity index (χ0v) is 21.7. The summed E-state index contributed by atoms with van der Waals surface area (Å²) in [4.78, 5) is 19.0. The first-order valence-corrected chi connectivity index (χ1v) is 13.6. The molecule has 5 rings (SSSR count). The van der Waals surface area contributed by atoms with Crippen LogP contribution in [-0.4, -0.2) is 58.9 Å². The van der Waals surface area contributed by atoms with Gasteiger partial charge in [0.05, 0.1) is 18.3 Å². The molecule has 0 radical (unpaired) electrons. The Labute approximate surface area is 218 Å². The summed E-state index contributed by atoms with van der Waals surface area (Å²) in [6, 6.07) is 7.79. The largest absolute Gasteiger partial charge is 0.480 e. The predicted octanol–water partition coefficient (Wildman–Crippen LogP) is 4.89. The van der Waals surface area contributed by atoms with Crippen molar-refractivity contribution < 1.29 is 23.8 Å². The predicted molar refractivity (Wildman–Crippen MR) is 139 cm³/mol. The lowest BCUT2D eigenvalue weighted by Gasteiger charge is -2.27. The zero-order valence-electron chi connectivity index (χ0n) is 21.7. The van der Waals surface area contributed by atoms with Crippen LogP contribution in [0.3, 0.4) is 0 Å². The van der Waals surface area contributed by atoms with Gasteiger partial charge in [-0.05, 0) is 93.2 Å². The molecule has 0 spiro atoms. The third-order valence-corrected chi connectivity index (χ3v) is 7.84. The van der Waals surface area contributed by atoms with Crippen molar-refractivity contribution in [1.29, 1.82) is 0 Å². The highest BCUT2D eigenvalue weighted by molar-refractivity contribution is 5.76. The molecule has 3 aliphatic rings. The van der Waals surface area contributed by atoms with Gasteiger partial charge >= 0.3 is 5.97 Å². The van der Waals surface area contributed by atoms with E-state index in [4.69, 9.17) is 14.5 Å². The minimum atomic E-state index is -0.975. The Hall–Kier alpha value is -2.55. The fraction of sp³-hybridized carbons (Fsp3) is 0.586. The average molecular weight is 512 g/mol. The van der Waals surface area contributed by atoms with Crippen molar-refractivity contribution in [2.24, 2.45) is 0 Å². The van der Waals surface area contributed by atoms with Gasteiger partial charge in [-0.3, -0.25) is 9.69 Å². The van der Waals surface area contributed by atoms with Gasteiger partial charge in [0.1, 0.15) is 17.7 Å². The molecule has 2 N–H and O–H groups in total. The minimum Gasteiger partial charge on any atom is -0.480 e. The number of carbonyl (C=O) groups is 1. The van der Waals surface area contributed by atoms with E-state index < -0.39 is 17.8 Å². The summed E-state index contributed by atoms with van der Waals surface area (Å²) in [6.45, 7) is 5.08. The molecule has 200 valence electrons. The van der Waals surface area contributed by atoms with Crippen molar-refractivity contribution in [2.45, 2.75) is 82.6 Å². The van der Waals surface area contributed by atoms with E-state index in [1.165, 1.54) is 17.7 Å². The highest BCUT2D eigenvalue weighted by Crippen LogP contribution is 2.40. The van der Waals surface area contributed by atoms with Crippen LogP contribution in [0.25, 0.3) is 0 Å². The number of pyridine rings is 1. The fourth-order valence-corrected chi connectivity index (χ4v) is 5.30. The topological polar surface area (TPSA) is 83.9 Å². The van der Waals surface area contributed by atoms with E-state index in [2.05, 4.69) is 17.4 Å². The fourth-order valence-electron chi connectivity index (χ4n) is 5.30. The number of halogens is 1. The number of aliphatic carboxylic acids is 1. The molecule has 8 heteroatoms. The molecular weight excluding hydrogens is 473 g/mol. The van der Waals surface area contributed by atoms with E-state index in [1.807, 2.05) is 11.8 Å². The Bertz CT molecular complexity index is 1110. The SMILES string of the molecule is CC1(OCc2ccc(F)cc2[C@H](C(=O)O)N2CC[C@@H](OCCCCc3ccc4c(n3)NCCC4)C2)CC1. The summed E-state index contributed by atoms with van der Waals surface area (Å²) >= 11 is 0. The summed E-state index contributed by atoms with van der Waals surface area (Å²) in [5.41, 5.74) is 3.49. The Morgan fingerprint density at radius 3 is 2.97 bits per heavy atom. The van der Waals surface area contributed by atoms with Gasteiger partial charge in [-0.2, -0.15) is 0 Å². The molecule has 2 aromatic rings. The van der Waals surface area contributed by atoms with Gasteiger partial charge in [-0.1, -0.05) is 12.1 Å². The van der Waals surface area contributed by atoms with E-state index in [0.717, 1.165) is 75.0 Å². The molecule has 1 saturated heterocycles. The Kier molecular flexibility index (Phi) is 8.07. The number of rotatable bonds is 12. The van der Waals surface area contributed by atoms with Crippen molar-refractivity contribution in [2.75, 3.05) is 31.6 Å². The standard InChI is InChI=1S/C29H38FN3O4/c1-29(12-13-29)37-19-21-7-9-22(30)17-25(21)26(28(34)35)33-15-11-24(18-33)36-16-3-2-6-23-10-8-20-5-4-14-31-27(20)32-23/h7-10,17,24,26H,2-6,11-16,18-19H2,1H3,(H,31,32)(H,34,35)/t24-,26-/m1/s1. The average Bonchev–Trinajstić information content (AvgIpc) is 3.45. The third-order valence-electron chi connectivity index (χ3n) is 7.84. The lowest BCUT2D eigenvalue weighted by Crippen LogP contribution is -2.34. The Morgan fingerprint density at radius 2 is 2.16 bits per heavy atom. The maximum absolute atomic E-state index is 14.2. The number of fused-ring (bicyclic) bond motifs is 1. The molecular formula is C29H38FN3O4. The van der Waals surface area contributed by atoms with Crippen LogP contribution in [0.1, 0.15) is 73.9 Å². The molecule has 0 unspecified atom stereocenters. The van der Waals surface area contributed by atoms with Crippen molar-refractivity contribution in [1.82, 2.24) is 9.88 Å². The van der Waals surface area contributed by atoms with Crippen LogP contribution in [-0.2, 0) is 33.7 Å². The number of aryl methyl sites for hydroxylation is 2. The number of carboxylic acid groups (broad SMARTS) is 1. The maximum Gasteiger partial charge on any atom is 0.325 e. The van der Waals surface area contributed by atoms with E-state index in [-0.39, 0.29) is 11.7 Å². The molecule has 1 aliphatic carbocycles. The number of likely N-dealkylation sites (tertiary alicyclic amines) is 1. The number of benzene rings is 1.